The maximum absolute atomic E-state index is 13.0. The van der Waals surface area contributed by atoms with E-state index in [4.69, 9.17) is 4.74 Å². The Morgan fingerprint density at radius 1 is 1.21 bits per heavy atom. The van der Waals surface area contributed by atoms with Crippen LogP contribution in [0.25, 0.3) is 0 Å². The number of benzene rings is 2. The number of anilines is 2. The first kappa shape index (κ1) is 18.9. The molecule has 1 saturated heterocycles. The van der Waals surface area contributed by atoms with Crippen molar-refractivity contribution in [3.05, 3.63) is 59.4 Å². The second-order valence-corrected chi connectivity index (χ2v) is 8.79. The highest BCUT2D eigenvalue weighted by atomic mass is 32.2. The standard InChI is InChI=1S/C20H21FN2O4S/c21-16-5-3-14(4-6-16)13-28(25,26)22-17-7-8-18-15(12-17)9-10-23(18)20(24)19-2-1-11-27-19/h3-8,12,19,22H,1-2,9-11,13H2. The van der Waals surface area contributed by atoms with Crippen molar-refractivity contribution in [2.45, 2.75) is 31.1 Å². The number of sulfonamides is 1. The Kier molecular flexibility index (Phi) is 5.07. The summed E-state index contributed by atoms with van der Waals surface area (Å²) in [5.74, 6) is -0.677. The molecule has 2 aromatic rings. The molecule has 1 fully saturated rings. The van der Waals surface area contributed by atoms with E-state index >= 15 is 0 Å². The van der Waals surface area contributed by atoms with Crippen LogP contribution in [0.5, 0.6) is 0 Å². The topological polar surface area (TPSA) is 75.7 Å². The summed E-state index contributed by atoms with van der Waals surface area (Å²) in [6.07, 6.45) is 1.93. The molecule has 2 aliphatic heterocycles. The molecule has 4 rings (SSSR count). The second-order valence-electron chi connectivity index (χ2n) is 7.07. The number of rotatable bonds is 5. The van der Waals surface area contributed by atoms with Crippen molar-refractivity contribution in [1.82, 2.24) is 0 Å². The molecule has 0 radical (unpaired) electrons. The number of hydrogen-bond acceptors (Lipinski definition) is 4. The molecule has 0 aliphatic carbocycles. The van der Waals surface area contributed by atoms with E-state index in [2.05, 4.69) is 4.72 Å². The number of hydrogen-bond donors (Lipinski definition) is 1. The van der Waals surface area contributed by atoms with E-state index in [0.717, 1.165) is 24.1 Å². The Balaban J connectivity index is 1.47. The number of amides is 1. The molecule has 1 atom stereocenters. The van der Waals surface area contributed by atoms with Crippen LogP contribution in [-0.4, -0.2) is 33.6 Å². The van der Waals surface area contributed by atoms with Crippen LogP contribution in [0.15, 0.2) is 42.5 Å². The van der Waals surface area contributed by atoms with Gasteiger partial charge in [0, 0.05) is 24.5 Å². The van der Waals surface area contributed by atoms with Crippen LogP contribution < -0.4 is 9.62 Å². The summed E-state index contributed by atoms with van der Waals surface area (Å²) in [6, 6.07) is 10.6. The molecule has 2 aliphatic rings. The van der Waals surface area contributed by atoms with Gasteiger partial charge in [-0.3, -0.25) is 9.52 Å². The van der Waals surface area contributed by atoms with Crippen LogP contribution in [-0.2, 0) is 31.7 Å². The predicted octanol–water partition coefficient (Wildman–Crippen LogP) is 2.84. The summed E-state index contributed by atoms with van der Waals surface area (Å²) < 4.78 is 45.9. The van der Waals surface area contributed by atoms with Gasteiger partial charge in [0.05, 0.1) is 5.75 Å². The van der Waals surface area contributed by atoms with Crippen molar-refractivity contribution in [2.24, 2.45) is 0 Å². The fourth-order valence-electron chi connectivity index (χ4n) is 3.66. The molecule has 148 valence electrons. The summed E-state index contributed by atoms with van der Waals surface area (Å²) >= 11 is 0. The molecular weight excluding hydrogens is 383 g/mol. The second kappa shape index (κ2) is 7.52. The van der Waals surface area contributed by atoms with Crippen LogP contribution >= 0.6 is 0 Å². The smallest absolute Gasteiger partial charge is 0.256 e. The summed E-state index contributed by atoms with van der Waals surface area (Å²) in [7, 11) is -3.63. The maximum atomic E-state index is 13.0. The summed E-state index contributed by atoms with van der Waals surface area (Å²) in [5.41, 5.74) is 2.69. The number of nitrogens with zero attached hydrogens (tertiary/aromatic N) is 1. The summed E-state index contributed by atoms with van der Waals surface area (Å²) in [5, 5.41) is 0. The minimum Gasteiger partial charge on any atom is -0.368 e. The minimum absolute atomic E-state index is 0.0270. The van der Waals surface area contributed by atoms with Gasteiger partial charge < -0.3 is 9.64 Å². The highest BCUT2D eigenvalue weighted by molar-refractivity contribution is 7.91. The van der Waals surface area contributed by atoms with E-state index < -0.39 is 15.8 Å². The molecule has 8 heteroatoms. The van der Waals surface area contributed by atoms with Gasteiger partial charge in [-0.25, -0.2) is 12.8 Å². The average molecular weight is 404 g/mol. The number of ether oxygens (including phenoxy) is 1. The van der Waals surface area contributed by atoms with E-state index in [-0.39, 0.29) is 17.8 Å². The first-order chi connectivity index (χ1) is 13.4. The van der Waals surface area contributed by atoms with Gasteiger partial charge in [-0.15, -0.1) is 0 Å². The van der Waals surface area contributed by atoms with E-state index in [0.29, 0.717) is 30.8 Å². The zero-order chi connectivity index (χ0) is 19.7. The van der Waals surface area contributed by atoms with Crippen LogP contribution in [0, 0.1) is 5.82 Å². The fraction of sp³-hybridized carbons (Fsp3) is 0.350. The maximum Gasteiger partial charge on any atom is 0.256 e. The van der Waals surface area contributed by atoms with Gasteiger partial charge in [-0.05, 0) is 60.7 Å². The molecule has 0 bridgehead atoms. The Labute approximate surface area is 163 Å². The van der Waals surface area contributed by atoms with Crippen LogP contribution in [0.3, 0.4) is 0 Å². The van der Waals surface area contributed by atoms with E-state index in [9.17, 15) is 17.6 Å². The summed E-state index contributed by atoms with van der Waals surface area (Å²) in [4.78, 5) is 14.3. The lowest BCUT2D eigenvalue weighted by molar-refractivity contribution is -0.127. The lowest BCUT2D eigenvalue weighted by atomic mass is 10.1. The predicted molar refractivity (Wildman–Crippen MR) is 104 cm³/mol. The highest BCUT2D eigenvalue weighted by Gasteiger charge is 2.32. The van der Waals surface area contributed by atoms with Crippen molar-refractivity contribution in [2.75, 3.05) is 22.8 Å². The Morgan fingerprint density at radius 2 is 2.00 bits per heavy atom. The molecular formula is C20H21FN2O4S. The highest BCUT2D eigenvalue weighted by Crippen LogP contribution is 2.32. The van der Waals surface area contributed by atoms with E-state index in [1.165, 1.54) is 24.3 Å². The van der Waals surface area contributed by atoms with Crippen LogP contribution in [0.1, 0.15) is 24.0 Å². The van der Waals surface area contributed by atoms with Crippen LogP contribution in [0.2, 0.25) is 0 Å². The van der Waals surface area contributed by atoms with Crippen molar-refractivity contribution in [3.63, 3.8) is 0 Å². The van der Waals surface area contributed by atoms with E-state index in [1.54, 1.807) is 23.1 Å². The van der Waals surface area contributed by atoms with Gasteiger partial charge in [0.25, 0.3) is 5.91 Å². The molecule has 0 aromatic heterocycles. The first-order valence-electron chi connectivity index (χ1n) is 9.22. The van der Waals surface area contributed by atoms with E-state index in [1.807, 2.05) is 0 Å². The van der Waals surface area contributed by atoms with Gasteiger partial charge >= 0.3 is 0 Å². The lowest BCUT2D eigenvalue weighted by Gasteiger charge is -2.21. The minimum atomic E-state index is -3.63. The number of halogens is 1. The number of carbonyl (C=O) groups is 1. The molecule has 1 N–H and O–H groups in total. The SMILES string of the molecule is O=C(C1CCCO1)N1CCc2cc(NS(=O)(=O)Cc3ccc(F)cc3)ccc21. The molecule has 6 nitrogen and oxygen atoms in total. The Hall–Kier alpha value is -2.45. The molecule has 2 heterocycles. The molecule has 0 spiro atoms. The van der Waals surface area contributed by atoms with Crippen molar-refractivity contribution < 1.29 is 22.3 Å². The largest absolute Gasteiger partial charge is 0.368 e. The normalized spacial score (nSPS) is 18.9. The fourth-order valence-corrected chi connectivity index (χ4v) is 4.85. The first-order valence-corrected chi connectivity index (χ1v) is 10.9. The quantitative estimate of drug-likeness (QED) is 0.832. The van der Waals surface area contributed by atoms with Gasteiger partial charge in [0.1, 0.15) is 11.9 Å². The zero-order valence-electron chi connectivity index (χ0n) is 15.2. The molecule has 0 saturated carbocycles. The zero-order valence-corrected chi connectivity index (χ0v) is 16.0. The average Bonchev–Trinajstić information content (AvgIpc) is 3.32. The Bertz CT molecular complexity index is 986. The molecule has 1 amide bonds. The Morgan fingerprint density at radius 3 is 2.71 bits per heavy atom. The van der Waals surface area contributed by atoms with Gasteiger partial charge in [-0.1, -0.05) is 12.1 Å². The van der Waals surface area contributed by atoms with Gasteiger partial charge in [0.2, 0.25) is 10.0 Å². The van der Waals surface area contributed by atoms with Gasteiger partial charge in [-0.2, -0.15) is 0 Å². The molecule has 1 unspecified atom stereocenters. The monoisotopic (exact) mass is 404 g/mol. The number of carbonyl (C=O) groups excluding carboxylic acids is 1. The molecule has 2 aromatic carbocycles. The number of nitrogens with one attached hydrogen (secondary N) is 1. The third-order valence-corrected chi connectivity index (χ3v) is 6.25. The lowest BCUT2D eigenvalue weighted by Crippen LogP contribution is -2.37. The third kappa shape index (κ3) is 4.02. The van der Waals surface area contributed by atoms with Crippen molar-refractivity contribution in [1.29, 1.82) is 0 Å². The van der Waals surface area contributed by atoms with Crippen molar-refractivity contribution in [3.8, 4) is 0 Å². The van der Waals surface area contributed by atoms with Crippen molar-refractivity contribution >= 4 is 27.3 Å². The number of fused-ring (bicyclic) bond motifs is 1. The third-order valence-electron chi connectivity index (χ3n) is 4.99. The van der Waals surface area contributed by atoms with Gasteiger partial charge in [0.15, 0.2) is 0 Å². The van der Waals surface area contributed by atoms with Crippen LogP contribution in [0.4, 0.5) is 15.8 Å². The molecule has 28 heavy (non-hydrogen) atoms. The summed E-state index contributed by atoms with van der Waals surface area (Å²) in [6.45, 7) is 1.19.